The number of nitrogens with one attached hydrogen (secondary N) is 3. The van der Waals surface area contributed by atoms with Crippen molar-refractivity contribution in [1.82, 2.24) is 16.2 Å². The van der Waals surface area contributed by atoms with E-state index >= 15 is 0 Å². The van der Waals surface area contributed by atoms with Crippen molar-refractivity contribution in [2.45, 2.75) is 37.9 Å². The van der Waals surface area contributed by atoms with Crippen molar-refractivity contribution in [2.75, 3.05) is 11.5 Å². The predicted octanol–water partition coefficient (Wildman–Crippen LogP) is 1.19. The quantitative estimate of drug-likeness (QED) is 0.740. The Hall–Kier alpha value is -1.15. The number of carbonyl (C=O) groups is 1. The van der Waals surface area contributed by atoms with E-state index in [1.165, 1.54) is 0 Å². The molecular weight excluding hydrogens is 350 g/mol. The van der Waals surface area contributed by atoms with E-state index in [1.807, 2.05) is 31.2 Å². The van der Waals surface area contributed by atoms with Crippen molar-refractivity contribution in [3.8, 4) is 0 Å². The third-order valence-electron chi connectivity index (χ3n) is 4.78. The van der Waals surface area contributed by atoms with Gasteiger partial charge < -0.3 is 5.32 Å². The predicted molar refractivity (Wildman–Crippen MR) is 93.2 cm³/mol. The number of sulfone groups is 1. The van der Waals surface area contributed by atoms with E-state index in [0.717, 1.165) is 5.56 Å². The molecule has 0 radical (unpaired) electrons. The van der Waals surface area contributed by atoms with Crippen molar-refractivity contribution in [3.63, 3.8) is 0 Å². The van der Waals surface area contributed by atoms with Gasteiger partial charge in [0.15, 0.2) is 9.84 Å². The van der Waals surface area contributed by atoms with Crippen molar-refractivity contribution in [3.05, 3.63) is 34.9 Å². The SMILES string of the molecule is CC1NNC(c2ccc(Cl)cc2)C1CC(=O)NC1CCS(=O)(=O)C1. The third kappa shape index (κ3) is 4.08. The number of hydrazine groups is 1. The Morgan fingerprint density at radius 1 is 1.29 bits per heavy atom. The molecule has 0 spiro atoms. The fraction of sp³-hybridized carbons (Fsp3) is 0.562. The molecule has 2 aliphatic rings. The van der Waals surface area contributed by atoms with Gasteiger partial charge in [-0.3, -0.25) is 10.2 Å². The Bertz CT molecular complexity index is 708. The molecule has 0 aliphatic carbocycles. The van der Waals surface area contributed by atoms with Gasteiger partial charge in [0, 0.05) is 29.4 Å². The average Bonchev–Trinajstić information content (AvgIpc) is 3.03. The van der Waals surface area contributed by atoms with E-state index in [2.05, 4.69) is 16.2 Å². The summed E-state index contributed by atoms with van der Waals surface area (Å²) >= 11 is 5.94. The minimum absolute atomic E-state index is 0.00956. The van der Waals surface area contributed by atoms with Gasteiger partial charge in [-0.1, -0.05) is 23.7 Å². The first-order valence-electron chi connectivity index (χ1n) is 8.10. The third-order valence-corrected chi connectivity index (χ3v) is 6.80. The van der Waals surface area contributed by atoms with E-state index in [1.54, 1.807) is 0 Å². The summed E-state index contributed by atoms with van der Waals surface area (Å²) in [6, 6.07) is 7.46. The normalized spacial score (nSPS) is 31.9. The second-order valence-electron chi connectivity index (χ2n) is 6.64. The molecule has 132 valence electrons. The van der Waals surface area contributed by atoms with Gasteiger partial charge in [-0.15, -0.1) is 0 Å². The number of hydrogen-bond acceptors (Lipinski definition) is 5. The molecule has 0 bridgehead atoms. The van der Waals surface area contributed by atoms with Gasteiger partial charge in [0.1, 0.15) is 0 Å². The average molecular weight is 372 g/mol. The zero-order valence-corrected chi connectivity index (χ0v) is 15.0. The molecule has 1 amide bonds. The number of rotatable bonds is 4. The fourth-order valence-corrected chi connectivity index (χ4v) is 5.23. The zero-order valence-electron chi connectivity index (χ0n) is 13.5. The van der Waals surface area contributed by atoms with Gasteiger partial charge in [0.25, 0.3) is 0 Å². The van der Waals surface area contributed by atoms with Gasteiger partial charge in [-0.2, -0.15) is 0 Å². The van der Waals surface area contributed by atoms with Crippen molar-refractivity contribution in [2.24, 2.45) is 5.92 Å². The van der Waals surface area contributed by atoms with Crippen LogP contribution in [0.2, 0.25) is 5.02 Å². The van der Waals surface area contributed by atoms with E-state index in [-0.39, 0.29) is 41.5 Å². The summed E-state index contributed by atoms with van der Waals surface area (Å²) in [7, 11) is -2.99. The largest absolute Gasteiger partial charge is 0.352 e. The molecule has 2 saturated heterocycles. The number of carbonyl (C=O) groups excluding carboxylic acids is 1. The molecule has 2 aliphatic heterocycles. The maximum Gasteiger partial charge on any atom is 0.220 e. The lowest BCUT2D eigenvalue weighted by atomic mass is 9.87. The number of hydrogen-bond donors (Lipinski definition) is 3. The number of halogens is 1. The summed E-state index contributed by atoms with van der Waals surface area (Å²) in [6.45, 7) is 2.03. The molecule has 0 aromatic heterocycles. The summed E-state index contributed by atoms with van der Waals surface area (Å²) in [5, 5.41) is 3.54. The Labute approximate surface area is 147 Å². The maximum atomic E-state index is 12.4. The van der Waals surface area contributed by atoms with E-state index in [4.69, 9.17) is 11.6 Å². The fourth-order valence-electron chi connectivity index (χ4n) is 3.43. The van der Waals surface area contributed by atoms with Crippen LogP contribution in [-0.4, -0.2) is 37.9 Å². The van der Waals surface area contributed by atoms with Crippen LogP contribution in [0.3, 0.4) is 0 Å². The number of benzene rings is 1. The standard InChI is InChI=1S/C16H22ClN3O3S/c1-10-14(8-15(21)18-13-6-7-24(22,23)9-13)16(20-19-10)11-2-4-12(17)5-3-11/h2-5,10,13-14,16,19-20H,6-9H2,1H3,(H,18,21). The summed E-state index contributed by atoms with van der Waals surface area (Å²) < 4.78 is 23.0. The Morgan fingerprint density at radius 2 is 2.00 bits per heavy atom. The van der Waals surface area contributed by atoms with Crippen LogP contribution in [0.15, 0.2) is 24.3 Å². The molecule has 2 fully saturated rings. The second kappa shape index (κ2) is 7.00. The summed E-state index contributed by atoms with van der Waals surface area (Å²) in [6.07, 6.45) is 0.844. The topological polar surface area (TPSA) is 87.3 Å². The first-order valence-corrected chi connectivity index (χ1v) is 10.3. The van der Waals surface area contributed by atoms with Crippen LogP contribution in [-0.2, 0) is 14.6 Å². The van der Waals surface area contributed by atoms with E-state index in [9.17, 15) is 13.2 Å². The first-order chi connectivity index (χ1) is 11.3. The Balaban J connectivity index is 1.63. The van der Waals surface area contributed by atoms with E-state index < -0.39 is 9.84 Å². The molecule has 3 N–H and O–H groups in total. The highest BCUT2D eigenvalue weighted by Gasteiger charge is 2.36. The van der Waals surface area contributed by atoms with E-state index in [0.29, 0.717) is 17.9 Å². The molecule has 4 unspecified atom stereocenters. The Kier molecular flexibility index (Phi) is 5.15. The molecule has 24 heavy (non-hydrogen) atoms. The van der Waals surface area contributed by atoms with Gasteiger partial charge in [-0.05, 0) is 31.0 Å². The highest BCUT2D eigenvalue weighted by Crippen LogP contribution is 2.31. The lowest BCUT2D eigenvalue weighted by Crippen LogP contribution is -2.38. The lowest BCUT2D eigenvalue weighted by Gasteiger charge is -2.22. The number of amides is 1. The van der Waals surface area contributed by atoms with Crippen LogP contribution in [0.5, 0.6) is 0 Å². The van der Waals surface area contributed by atoms with Gasteiger partial charge >= 0.3 is 0 Å². The summed E-state index contributed by atoms with van der Waals surface area (Å²) in [4.78, 5) is 12.4. The highest BCUT2D eigenvalue weighted by molar-refractivity contribution is 7.91. The highest BCUT2D eigenvalue weighted by atomic mass is 35.5. The van der Waals surface area contributed by atoms with Crippen LogP contribution in [0.4, 0.5) is 0 Å². The monoisotopic (exact) mass is 371 g/mol. The molecular formula is C16H22ClN3O3S. The molecule has 2 heterocycles. The second-order valence-corrected chi connectivity index (χ2v) is 9.31. The van der Waals surface area contributed by atoms with Gasteiger partial charge in [0.2, 0.25) is 5.91 Å². The van der Waals surface area contributed by atoms with Crippen LogP contribution in [0, 0.1) is 5.92 Å². The zero-order chi connectivity index (χ0) is 17.3. The maximum absolute atomic E-state index is 12.4. The molecule has 4 atom stereocenters. The van der Waals surface area contributed by atoms with Crippen LogP contribution >= 0.6 is 11.6 Å². The molecule has 8 heteroatoms. The Morgan fingerprint density at radius 3 is 2.62 bits per heavy atom. The first kappa shape index (κ1) is 17.7. The molecule has 6 nitrogen and oxygen atoms in total. The minimum Gasteiger partial charge on any atom is -0.352 e. The van der Waals surface area contributed by atoms with Gasteiger partial charge in [0.05, 0.1) is 17.5 Å². The molecule has 1 aromatic rings. The molecule has 1 aromatic carbocycles. The molecule has 3 rings (SSSR count). The summed E-state index contributed by atoms with van der Waals surface area (Å²) in [5.74, 6) is 0.187. The van der Waals surface area contributed by atoms with Crippen LogP contribution in [0.1, 0.15) is 31.4 Å². The van der Waals surface area contributed by atoms with Crippen molar-refractivity contribution < 1.29 is 13.2 Å². The minimum atomic E-state index is -2.99. The molecule has 0 saturated carbocycles. The van der Waals surface area contributed by atoms with Crippen LogP contribution < -0.4 is 16.2 Å². The lowest BCUT2D eigenvalue weighted by molar-refractivity contribution is -0.122. The van der Waals surface area contributed by atoms with Crippen molar-refractivity contribution >= 4 is 27.3 Å². The smallest absolute Gasteiger partial charge is 0.220 e. The van der Waals surface area contributed by atoms with Crippen molar-refractivity contribution in [1.29, 1.82) is 0 Å². The summed E-state index contributed by atoms with van der Waals surface area (Å²) in [5.41, 5.74) is 7.49. The van der Waals surface area contributed by atoms with Gasteiger partial charge in [-0.25, -0.2) is 13.8 Å². The van der Waals surface area contributed by atoms with Crippen LogP contribution in [0.25, 0.3) is 0 Å².